The van der Waals surface area contributed by atoms with E-state index in [4.69, 9.17) is 18.0 Å². The van der Waals surface area contributed by atoms with Crippen LogP contribution in [0.5, 0.6) is 0 Å². The molecule has 0 aliphatic heterocycles. The maximum atomic E-state index is 13.6. The van der Waals surface area contributed by atoms with Crippen LogP contribution in [0.25, 0.3) is 0 Å². The average molecular weight is 282 g/mol. The summed E-state index contributed by atoms with van der Waals surface area (Å²) in [5.41, 5.74) is 6.02. The Hall–Kier alpha value is -1.49. The monoisotopic (exact) mass is 282 g/mol. The summed E-state index contributed by atoms with van der Waals surface area (Å²) in [4.78, 5) is 12.2. The number of halogens is 1. The SMILES string of the molecule is CCCC(C(=O)NC(C)c1ccccc1F)C(N)=S. The average Bonchev–Trinajstić information content (AvgIpc) is 2.35. The Morgan fingerprint density at radius 1 is 1.47 bits per heavy atom. The lowest BCUT2D eigenvalue weighted by atomic mass is 10.0. The molecule has 0 saturated carbocycles. The molecule has 1 rings (SSSR count). The maximum absolute atomic E-state index is 13.6. The molecule has 0 aliphatic rings. The lowest BCUT2D eigenvalue weighted by Crippen LogP contribution is -2.39. The molecular weight excluding hydrogens is 263 g/mol. The van der Waals surface area contributed by atoms with Gasteiger partial charge in [0.05, 0.1) is 16.9 Å². The minimum Gasteiger partial charge on any atom is -0.393 e. The first-order chi connectivity index (χ1) is 8.97. The molecule has 1 amide bonds. The molecule has 0 fully saturated rings. The summed E-state index contributed by atoms with van der Waals surface area (Å²) in [5.74, 6) is -1.07. The van der Waals surface area contributed by atoms with Crippen molar-refractivity contribution in [2.45, 2.75) is 32.7 Å². The summed E-state index contributed by atoms with van der Waals surface area (Å²) < 4.78 is 13.6. The number of hydrogen-bond acceptors (Lipinski definition) is 2. The number of hydrogen-bond donors (Lipinski definition) is 2. The number of nitrogens with two attached hydrogens (primary N) is 1. The van der Waals surface area contributed by atoms with Crippen molar-refractivity contribution in [3.05, 3.63) is 35.6 Å². The van der Waals surface area contributed by atoms with Gasteiger partial charge in [0.25, 0.3) is 0 Å². The standard InChI is InChI=1S/C14H19FN2OS/c1-3-6-11(13(16)19)14(18)17-9(2)10-7-4-5-8-12(10)15/h4-5,7-9,11H,3,6H2,1-2H3,(H2,16,19)(H,17,18). The van der Waals surface area contributed by atoms with Crippen LogP contribution in [0.4, 0.5) is 4.39 Å². The highest BCUT2D eigenvalue weighted by atomic mass is 32.1. The van der Waals surface area contributed by atoms with Crippen molar-refractivity contribution in [3.63, 3.8) is 0 Å². The summed E-state index contributed by atoms with van der Waals surface area (Å²) in [7, 11) is 0. The van der Waals surface area contributed by atoms with Crippen LogP contribution < -0.4 is 11.1 Å². The van der Waals surface area contributed by atoms with E-state index >= 15 is 0 Å². The van der Waals surface area contributed by atoms with Crippen LogP contribution >= 0.6 is 12.2 Å². The Balaban J connectivity index is 2.76. The van der Waals surface area contributed by atoms with Gasteiger partial charge in [-0.25, -0.2) is 4.39 Å². The number of thiocarbonyl (C=S) groups is 1. The quantitative estimate of drug-likeness (QED) is 0.789. The number of rotatable bonds is 6. The van der Waals surface area contributed by atoms with E-state index in [2.05, 4.69) is 5.32 Å². The Morgan fingerprint density at radius 2 is 2.11 bits per heavy atom. The Labute approximate surface area is 118 Å². The molecule has 2 atom stereocenters. The molecule has 0 heterocycles. The van der Waals surface area contributed by atoms with Gasteiger partial charge in [0.1, 0.15) is 5.82 Å². The molecule has 3 nitrogen and oxygen atoms in total. The van der Waals surface area contributed by atoms with Gasteiger partial charge >= 0.3 is 0 Å². The minimum atomic E-state index is -0.491. The fourth-order valence-electron chi connectivity index (χ4n) is 1.91. The highest BCUT2D eigenvalue weighted by Gasteiger charge is 2.22. The Kier molecular flexibility index (Phi) is 5.89. The van der Waals surface area contributed by atoms with Crippen molar-refractivity contribution in [2.24, 2.45) is 11.7 Å². The zero-order valence-corrected chi connectivity index (χ0v) is 12.0. The first-order valence-corrected chi connectivity index (χ1v) is 6.72. The van der Waals surface area contributed by atoms with Crippen LogP contribution in [0.3, 0.4) is 0 Å². The van der Waals surface area contributed by atoms with Crippen molar-refractivity contribution in [2.75, 3.05) is 0 Å². The fraction of sp³-hybridized carbons (Fsp3) is 0.429. The van der Waals surface area contributed by atoms with E-state index in [0.29, 0.717) is 12.0 Å². The summed E-state index contributed by atoms with van der Waals surface area (Å²) in [5, 5.41) is 2.76. The summed E-state index contributed by atoms with van der Waals surface area (Å²) >= 11 is 4.90. The lowest BCUT2D eigenvalue weighted by molar-refractivity contribution is -0.123. The van der Waals surface area contributed by atoms with Crippen LogP contribution in [-0.2, 0) is 4.79 Å². The van der Waals surface area contributed by atoms with Crippen molar-refractivity contribution in [1.82, 2.24) is 5.32 Å². The third-order valence-corrected chi connectivity index (χ3v) is 3.25. The van der Waals surface area contributed by atoms with Gasteiger partial charge in [-0.2, -0.15) is 0 Å². The van der Waals surface area contributed by atoms with Gasteiger partial charge < -0.3 is 11.1 Å². The molecule has 2 unspecified atom stereocenters. The molecular formula is C14H19FN2OS. The highest BCUT2D eigenvalue weighted by Crippen LogP contribution is 2.17. The molecule has 0 saturated heterocycles. The van der Waals surface area contributed by atoms with Crippen LogP contribution in [0.15, 0.2) is 24.3 Å². The second-order valence-corrected chi connectivity index (χ2v) is 4.97. The van der Waals surface area contributed by atoms with Crippen molar-refractivity contribution in [1.29, 1.82) is 0 Å². The van der Waals surface area contributed by atoms with Crippen molar-refractivity contribution >= 4 is 23.1 Å². The van der Waals surface area contributed by atoms with E-state index in [9.17, 15) is 9.18 Å². The van der Waals surface area contributed by atoms with E-state index in [0.717, 1.165) is 6.42 Å². The molecule has 1 aromatic rings. The van der Waals surface area contributed by atoms with E-state index in [-0.39, 0.29) is 16.7 Å². The molecule has 5 heteroatoms. The fourth-order valence-corrected chi connectivity index (χ4v) is 2.13. The summed E-state index contributed by atoms with van der Waals surface area (Å²) in [6.45, 7) is 3.69. The molecule has 19 heavy (non-hydrogen) atoms. The highest BCUT2D eigenvalue weighted by molar-refractivity contribution is 7.80. The Morgan fingerprint density at radius 3 is 2.63 bits per heavy atom. The van der Waals surface area contributed by atoms with Crippen LogP contribution in [0.2, 0.25) is 0 Å². The number of amides is 1. The molecule has 3 N–H and O–H groups in total. The predicted molar refractivity (Wildman–Crippen MR) is 78.1 cm³/mol. The normalized spacial score (nSPS) is 13.6. The van der Waals surface area contributed by atoms with Gasteiger partial charge in [0, 0.05) is 5.56 Å². The van der Waals surface area contributed by atoms with Gasteiger partial charge in [0.2, 0.25) is 5.91 Å². The zero-order chi connectivity index (χ0) is 14.4. The third-order valence-electron chi connectivity index (χ3n) is 2.97. The van der Waals surface area contributed by atoms with Crippen LogP contribution in [0, 0.1) is 11.7 Å². The first kappa shape index (κ1) is 15.6. The van der Waals surface area contributed by atoms with Gasteiger partial charge in [0.15, 0.2) is 0 Å². The number of carbonyl (C=O) groups is 1. The van der Waals surface area contributed by atoms with E-state index in [1.165, 1.54) is 6.07 Å². The number of benzene rings is 1. The van der Waals surface area contributed by atoms with Crippen LogP contribution in [-0.4, -0.2) is 10.9 Å². The third kappa shape index (κ3) is 4.28. The maximum Gasteiger partial charge on any atom is 0.230 e. The van der Waals surface area contributed by atoms with Gasteiger partial charge in [-0.05, 0) is 19.4 Å². The van der Waals surface area contributed by atoms with Crippen molar-refractivity contribution < 1.29 is 9.18 Å². The zero-order valence-electron chi connectivity index (χ0n) is 11.2. The molecule has 0 aliphatic carbocycles. The van der Waals surface area contributed by atoms with Gasteiger partial charge in [-0.1, -0.05) is 43.8 Å². The van der Waals surface area contributed by atoms with Crippen molar-refractivity contribution in [3.8, 4) is 0 Å². The second kappa shape index (κ2) is 7.19. The summed E-state index contributed by atoms with van der Waals surface area (Å²) in [6, 6.07) is 5.95. The molecule has 0 radical (unpaired) electrons. The van der Waals surface area contributed by atoms with Gasteiger partial charge in [-0.3, -0.25) is 4.79 Å². The van der Waals surface area contributed by atoms with E-state index in [1.54, 1.807) is 25.1 Å². The number of carbonyl (C=O) groups excluding carboxylic acids is 1. The first-order valence-electron chi connectivity index (χ1n) is 6.31. The molecule has 0 aromatic heterocycles. The van der Waals surface area contributed by atoms with E-state index in [1.807, 2.05) is 6.92 Å². The van der Waals surface area contributed by atoms with Gasteiger partial charge in [-0.15, -0.1) is 0 Å². The topological polar surface area (TPSA) is 55.1 Å². The Bertz CT molecular complexity index is 465. The predicted octanol–water partition coefficient (Wildman–Crippen LogP) is 2.71. The molecule has 0 spiro atoms. The lowest BCUT2D eigenvalue weighted by Gasteiger charge is -2.19. The molecule has 104 valence electrons. The molecule has 1 aromatic carbocycles. The van der Waals surface area contributed by atoms with Crippen LogP contribution in [0.1, 0.15) is 38.3 Å². The summed E-state index contributed by atoms with van der Waals surface area (Å²) in [6.07, 6.45) is 1.41. The minimum absolute atomic E-state index is 0.181. The smallest absolute Gasteiger partial charge is 0.230 e. The second-order valence-electron chi connectivity index (χ2n) is 4.50. The molecule has 0 bridgehead atoms. The number of nitrogens with one attached hydrogen (secondary N) is 1. The van der Waals surface area contributed by atoms with E-state index < -0.39 is 12.0 Å². The largest absolute Gasteiger partial charge is 0.393 e.